The van der Waals surface area contributed by atoms with Crippen molar-refractivity contribution in [2.24, 2.45) is 0 Å². The largest absolute Gasteiger partial charge is 0.377 e. The van der Waals surface area contributed by atoms with Crippen LogP contribution in [0.4, 0.5) is 5.82 Å². The molecule has 1 aromatic heterocycles. The highest BCUT2D eigenvalue weighted by molar-refractivity contribution is 7.99. The Balaban J connectivity index is 1.69. The summed E-state index contributed by atoms with van der Waals surface area (Å²) in [5, 5.41) is 2.87. The number of aryl methyl sites for hydroxylation is 1. The Morgan fingerprint density at radius 3 is 2.96 bits per heavy atom. The molecule has 4 nitrogen and oxygen atoms in total. The average molecular weight is 328 g/mol. The van der Waals surface area contributed by atoms with Crippen LogP contribution in [0, 0.1) is 6.92 Å². The highest BCUT2D eigenvalue weighted by Crippen LogP contribution is 2.27. The van der Waals surface area contributed by atoms with Gasteiger partial charge in [-0.05, 0) is 44.0 Å². The van der Waals surface area contributed by atoms with Crippen molar-refractivity contribution in [2.75, 3.05) is 17.7 Å². The van der Waals surface area contributed by atoms with Crippen LogP contribution in [0.5, 0.6) is 0 Å². The molecule has 2 heterocycles. The van der Waals surface area contributed by atoms with Crippen LogP contribution in [-0.4, -0.2) is 29.4 Å². The van der Waals surface area contributed by atoms with E-state index in [1.54, 1.807) is 17.8 Å². The van der Waals surface area contributed by atoms with Gasteiger partial charge in [0.05, 0.1) is 11.7 Å². The number of nitrogens with one attached hydrogen (secondary N) is 1. The van der Waals surface area contributed by atoms with Crippen LogP contribution >= 0.6 is 11.8 Å². The number of amides is 1. The molecule has 23 heavy (non-hydrogen) atoms. The fourth-order valence-corrected chi connectivity index (χ4v) is 3.65. The van der Waals surface area contributed by atoms with Crippen LogP contribution in [0.1, 0.15) is 28.9 Å². The second kappa shape index (κ2) is 7.62. The summed E-state index contributed by atoms with van der Waals surface area (Å²) in [7, 11) is 0. The standard InChI is InChI=1S/C18H20N2O2S/c1-13-6-4-10-17(19-13)20-18(21)15-8-2-3-9-16(15)23-12-14-7-5-11-22-14/h2-4,6,8-10,14H,5,7,11-12H2,1H3,(H,19,20,21)/t14-/m0/s1. The van der Waals surface area contributed by atoms with Crippen molar-refractivity contribution in [1.82, 2.24) is 4.98 Å². The zero-order valence-electron chi connectivity index (χ0n) is 13.1. The Bertz CT molecular complexity index is 684. The van der Waals surface area contributed by atoms with Gasteiger partial charge in [0, 0.05) is 22.9 Å². The maximum atomic E-state index is 12.5. The summed E-state index contributed by atoms with van der Waals surface area (Å²) < 4.78 is 5.65. The molecule has 5 heteroatoms. The van der Waals surface area contributed by atoms with Gasteiger partial charge >= 0.3 is 0 Å². The van der Waals surface area contributed by atoms with Crippen molar-refractivity contribution >= 4 is 23.5 Å². The fraction of sp³-hybridized carbons (Fsp3) is 0.333. The Labute approximate surface area is 140 Å². The SMILES string of the molecule is Cc1cccc(NC(=O)c2ccccc2SC[C@@H]2CCCO2)n1. The van der Waals surface area contributed by atoms with Gasteiger partial charge in [-0.15, -0.1) is 11.8 Å². The van der Waals surface area contributed by atoms with Gasteiger partial charge < -0.3 is 10.1 Å². The molecule has 1 N–H and O–H groups in total. The Morgan fingerprint density at radius 1 is 1.30 bits per heavy atom. The summed E-state index contributed by atoms with van der Waals surface area (Å²) in [6.45, 7) is 2.76. The number of pyridine rings is 1. The monoisotopic (exact) mass is 328 g/mol. The van der Waals surface area contributed by atoms with Crippen molar-refractivity contribution in [3.05, 3.63) is 53.7 Å². The van der Waals surface area contributed by atoms with Gasteiger partial charge in [-0.1, -0.05) is 18.2 Å². The van der Waals surface area contributed by atoms with Gasteiger partial charge in [-0.2, -0.15) is 0 Å². The van der Waals surface area contributed by atoms with E-state index in [-0.39, 0.29) is 5.91 Å². The van der Waals surface area contributed by atoms with Gasteiger partial charge in [0.2, 0.25) is 0 Å². The summed E-state index contributed by atoms with van der Waals surface area (Å²) in [5.41, 5.74) is 1.56. The fourth-order valence-electron chi connectivity index (χ4n) is 2.53. The summed E-state index contributed by atoms with van der Waals surface area (Å²) in [6.07, 6.45) is 2.54. The molecule has 1 atom stereocenters. The molecule has 0 saturated carbocycles. The van der Waals surface area contributed by atoms with Crippen LogP contribution in [-0.2, 0) is 4.74 Å². The van der Waals surface area contributed by atoms with Crippen molar-refractivity contribution in [2.45, 2.75) is 30.8 Å². The van der Waals surface area contributed by atoms with E-state index in [4.69, 9.17) is 4.74 Å². The molecule has 2 aromatic rings. The van der Waals surface area contributed by atoms with Gasteiger partial charge in [0.25, 0.3) is 5.91 Å². The van der Waals surface area contributed by atoms with Crippen molar-refractivity contribution < 1.29 is 9.53 Å². The van der Waals surface area contributed by atoms with Crippen LogP contribution in [0.2, 0.25) is 0 Å². The van der Waals surface area contributed by atoms with Gasteiger partial charge in [0.1, 0.15) is 5.82 Å². The average Bonchev–Trinajstić information content (AvgIpc) is 3.06. The van der Waals surface area contributed by atoms with Crippen LogP contribution in [0.15, 0.2) is 47.4 Å². The number of hydrogen-bond acceptors (Lipinski definition) is 4. The predicted octanol–water partition coefficient (Wildman–Crippen LogP) is 3.91. The Morgan fingerprint density at radius 2 is 2.17 bits per heavy atom. The van der Waals surface area contributed by atoms with E-state index in [2.05, 4.69) is 10.3 Å². The Hall–Kier alpha value is -1.85. The summed E-state index contributed by atoms with van der Waals surface area (Å²) in [6, 6.07) is 13.3. The molecule has 1 aliphatic rings. The molecule has 1 amide bonds. The third-order valence-corrected chi connectivity index (χ3v) is 4.92. The number of hydrogen-bond donors (Lipinski definition) is 1. The molecule has 1 saturated heterocycles. The molecular formula is C18H20N2O2S. The lowest BCUT2D eigenvalue weighted by Crippen LogP contribution is -2.15. The van der Waals surface area contributed by atoms with E-state index in [9.17, 15) is 4.79 Å². The third-order valence-electron chi connectivity index (χ3n) is 3.71. The van der Waals surface area contributed by atoms with Crippen molar-refractivity contribution in [3.63, 3.8) is 0 Å². The number of nitrogens with zero attached hydrogens (tertiary/aromatic N) is 1. The van der Waals surface area contributed by atoms with E-state index in [1.165, 1.54) is 0 Å². The minimum atomic E-state index is -0.126. The number of carbonyl (C=O) groups is 1. The van der Waals surface area contributed by atoms with Crippen LogP contribution < -0.4 is 5.32 Å². The number of benzene rings is 1. The number of thioether (sulfide) groups is 1. The smallest absolute Gasteiger partial charge is 0.257 e. The molecular weight excluding hydrogens is 308 g/mol. The van der Waals surface area contributed by atoms with Gasteiger partial charge in [-0.25, -0.2) is 4.98 Å². The van der Waals surface area contributed by atoms with Crippen LogP contribution in [0.3, 0.4) is 0 Å². The molecule has 120 valence electrons. The maximum absolute atomic E-state index is 12.5. The zero-order valence-corrected chi connectivity index (χ0v) is 13.9. The number of rotatable bonds is 5. The summed E-state index contributed by atoms with van der Waals surface area (Å²) >= 11 is 1.68. The molecule has 0 spiro atoms. The second-order valence-electron chi connectivity index (χ2n) is 5.56. The second-order valence-corrected chi connectivity index (χ2v) is 6.62. The van der Waals surface area contributed by atoms with E-state index < -0.39 is 0 Å². The topological polar surface area (TPSA) is 51.2 Å². The maximum Gasteiger partial charge on any atom is 0.257 e. The minimum absolute atomic E-state index is 0.126. The first-order valence-corrected chi connectivity index (χ1v) is 8.79. The number of ether oxygens (including phenoxy) is 1. The molecule has 3 rings (SSSR count). The van der Waals surface area contributed by atoms with E-state index >= 15 is 0 Å². The normalized spacial score (nSPS) is 17.2. The third kappa shape index (κ3) is 4.33. The Kier molecular flexibility index (Phi) is 5.31. The lowest BCUT2D eigenvalue weighted by atomic mass is 10.2. The lowest BCUT2D eigenvalue weighted by molar-refractivity contribution is 0.102. The highest BCUT2D eigenvalue weighted by atomic mass is 32.2. The molecule has 0 radical (unpaired) electrons. The highest BCUT2D eigenvalue weighted by Gasteiger charge is 2.18. The first-order valence-electron chi connectivity index (χ1n) is 7.81. The summed E-state index contributed by atoms with van der Waals surface area (Å²) in [4.78, 5) is 17.8. The number of aromatic nitrogens is 1. The van der Waals surface area contributed by atoms with Crippen molar-refractivity contribution in [3.8, 4) is 0 Å². The molecule has 0 bridgehead atoms. The van der Waals surface area contributed by atoms with Gasteiger partial charge in [0.15, 0.2) is 0 Å². The first kappa shape index (κ1) is 16.0. The molecule has 0 unspecified atom stereocenters. The number of anilines is 1. The number of carbonyl (C=O) groups excluding carboxylic acids is 1. The van der Waals surface area contributed by atoms with E-state index in [0.29, 0.717) is 17.5 Å². The van der Waals surface area contributed by atoms with E-state index in [1.807, 2.05) is 43.3 Å². The molecule has 1 fully saturated rings. The van der Waals surface area contributed by atoms with Gasteiger partial charge in [-0.3, -0.25) is 4.79 Å². The van der Waals surface area contributed by atoms with Crippen LogP contribution in [0.25, 0.3) is 0 Å². The quantitative estimate of drug-likeness (QED) is 0.845. The molecule has 0 aliphatic carbocycles. The van der Waals surface area contributed by atoms with E-state index in [0.717, 1.165) is 35.8 Å². The first-order chi connectivity index (χ1) is 11.2. The summed E-state index contributed by atoms with van der Waals surface area (Å²) in [5.74, 6) is 1.33. The predicted molar refractivity (Wildman–Crippen MR) is 93.1 cm³/mol. The zero-order chi connectivity index (χ0) is 16.1. The minimum Gasteiger partial charge on any atom is -0.377 e. The lowest BCUT2D eigenvalue weighted by Gasteiger charge is -2.12. The molecule has 1 aromatic carbocycles. The molecule has 1 aliphatic heterocycles. The van der Waals surface area contributed by atoms with Crippen molar-refractivity contribution in [1.29, 1.82) is 0 Å².